The predicted molar refractivity (Wildman–Crippen MR) is 120 cm³/mol. The molecule has 28 heavy (non-hydrogen) atoms. The average Bonchev–Trinajstić information content (AvgIpc) is 2.67. The molecule has 1 atom stereocenters. The molecule has 0 radical (unpaired) electrons. The van der Waals surface area contributed by atoms with Crippen molar-refractivity contribution in [2.24, 2.45) is 16.6 Å². The average molecular weight is 506 g/mol. The number of primary amides is 1. The van der Waals surface area contributed by atoms with Crippen LogP contribution in [0.25, 0.3) is 0 Å². The highest BCUT2D eigenvalue weighted by Gasteiger charge is 2.24. The number of nitrogens with two attached hydrogens (primary N) is 1. The number of aliphatic imine (C=N–C) groups is 1. The van der Waals surface area contributed by atoms with E-state index in [9.17, 15) is 4.79 Å². The summed E-state index contributed by atoms with van der Waals surface area (Å²) in [6, 6.07) is 3.79. The highest BCUT2D eigenvalue weighted by Crippen LogP contribution is 2.39. The summed E-state index contributed by atoms with van der Waals surface area (Å²) in [6.07, 6.45) is 2.44. The van der Waals surface area contributed by atoms with Crippen LogP contribution >= 0.6 is 24.0 Å². The fourth-order valence-electron chi connectivity index (χ4n) is 3.52. The lowest BCUT2D eigenvalue weighted by Gasteiger charge is -2.34. The molecule has 1 amide bonds. The van der Waals surface area contributed by atoms with Gasteiger partial charge in [-0.25, -0.2) is 0 Å². The molecule has 1 aliphatic heterocycles. The summed E-state index contributed by atoms with van der Waals surface area (Å²) in [6.45, 7) is 2.19. The summed E-state index contributed by atoms with van der Waals surface area (Å²) < 4.78 is 16.3. The summed E-state index contributed by atoms with van der Waals surface area (Å²) in [5, 5.41) is 3.38. The molecule has 1 fully saturated rings. The Morgan fingerprint density at radius 2 is 1.96 bits per heavy atom. The Balaban J connectivity index is 0.00000392. The molecule has 1 unspecified atom stereocenters. The maximum atomic E-state index is 11.2. The van der Waals surface area contributed by atoms with Crippen molar-refractivity contribution >= 4 is 35.8 Å². The number of piperidine rings is 1. The van der Waals surface area contributed by atoms with Gasteiger partial charge in [0.25, 0.3) is 0 Å². The summed E-state index contributed by atoms with van der Waals surface area (Å²) in [5.41, 5.74) is 6.29. The van der Waals surface area contributed by atoms with Gasteiger partial charge in [0.1, 0.15) is 0 Å². The second-order valence-corrected chi connectivity index (χ2v) is 6.52. The minimum atomic E-state index is -0.250. The second kappa shape index (κ2) is 11.8. The Kier molecular flexibility index (Phi) is 10.2. The number of methoxy groups -OCH3 is 3. The van der Waals surface area contributed by atoms with Crippen molar-refractivity contribution in [2.45, 2.75) is 25.8 Å². The van der Waals surface area contributed by atoms with Gasteiger partial charge in [0.2, 0.25) is 11.7 Å². The van der Waals surface area contributed by atoms with Crippen molar-refractivity contribution in [3.8, 4) is 17.2 Å². The minimum absolute atomic E-state index is 0. The van der Waals surface area contributed by atoms with Crippen LogP contribution in [0.15, 0.2) is 17.1 Å². The third kappa shape index (κ3) is 6.05. The van der Waals surface area contributed by atoms with Gasteiger partial charge < -0.3 is 30.2 Å². The number of hydrogen-bond acceptors (Lipinski definition) is 5. The first-order chi connectivity index (χ1) is 13.0. The van der Waals surface area contributed by atoms with Gasteiger partial charge in [-0.2, -0.15) is 0 Å². The molecular weight excluding hydrogens is 475 g/mol. The van der Waals surface area contributed by atoms with E-state index in [0.29, 0.717) is 30.2 Å². The maximum Gasteiger partial charge on any atom is 0.217 e. The third-order valence-corrected chi connectivity index (χ3v) is 4.74. The zero-order chi connectivity index (χ0) is 19.8. The van der Waals surface area contributed by atoms with E-state index in [2.05, 4.69) is 15.2 Å². The van der Waals surface area contributed by atoms with Crippen molar-refractivity contribution in [3.05, 3.63) is 17.7 Å². The largest absolute Gasteiger partial charge is 0.493 e. The smallest absolute Gasteiger partial charge is 0.217 e. The molecule has 0 aliphatic carbocycles. The minimum Gasteiger partial charge on any atom is -0.493 e. The summed E-state index contributed by atoms with van der Waals surface area (Å²) in [4.78, 5) is 17.8. The molecule has 3 N–H and O–H groups in total. The van der Waals surface area contributed by atoms with Crippen LogP contribution in [0.4, 0.5) is 0 Å². The lowest BCUT2D eigenvalue weighted by Crippen LogP contribution is -2.46. The summed E-state index contributed by atoms with van der Waals surface area (Å²) in [5.74, 6) is 2.62. The van der Waals surface area contributed by atoms with Crippen molar-refractivity contribution in [2.75, 3.05) is 41.5 Å². The molecule has 9 heteroatoms. The molecule has 1 heterocycles. The van der Waals surface area contributed by atoms with Crippen molar-refractivity contribution in [3.63, 3.8) is 0 Å². The quantitative estimate of drug-likeness (QED) is 0.334. The van der Waals surface area contributed by atoms with E-state index < -0.39 is 0 Å². The Labute approximate surface area is 183 Å². The van der Waals surface area contributed by atoms with E-state index in [1.807, 2.05) is 12.1 Å². The molecule has 1 aromatic carbocycles. The highest BCUT2D eigenvalue weighted by atomic mass is 127. The molecule has 1 saturated heterocycles. The highest BCUT2D eigenvalue weighted by molar-refractivity contribution is 14.0. The molecular formula is C19H31IN4O4. The Hall–Kier alpha value is -1.91. The van der Waals surface area contributed by atoms with Crippen LogP contribution in [0, 0.1) is 5.92 Å². The predicted octanol–water partition coefficient (Wildman–Crippen LogP) is 1.99. The van der Waals surface area contributed by atoms with Crippen LogP contribution in [0.3, 0.4) is 0 Å². The van der Waals surface area contributed by atoms with E-state index in [0.717, 1.165) is 37.5 Å². The van der Waals surface area contributed by atoms with Crippen molar-refractivity contribution in [1.29, 1.82) is 0 Å². The number of ether oxygens (including phenoxy) is 3. The van der Waals surface area contributed by atoms with Crippen LogP contribution in [0.1, 0.15) is 24.8 Å². The van der Waals surface area contributed by atoms with Gasteiger partial charge in [-0.1, -0.05) is 0 Å². The summed E-state index contributed by atoms with van der Waals surface area (Å²) >= 11 is 0. The number of carbonyl (C=O) groups excluding carboxylic acids is 1. The number of benzene rings is 1. The standard InChI is InChI=1S/C19H30N4O4.HI/c1-21-19(23-9-5-6-13(12-23)10-16(20)24)22-11-14-7-8-15(25-2)18(27-4)17(14)26-3;/h7-8,13H,5-6,9-12H2,1-4H3,(H2,20,24)(H,21,22);1H. The number of guanidine groups is 1. The van der Waals surface area contributed by atoms with Gasteiger partial charge in [0, 0.05) is 38.7 Å². The Bertz CT molecular complexity index is 684. The number of likely N-dealkylation sites (tertiary alicyclic amines) is 1. The fraction of sp³-hybridized carbons (Fsp3) is 0.579. The van der Waals surface area contributed by atoms with Crippen LogP contribution in [0.2, 0.25) is 0 Å². The molecule has 0 bridgehead atoms. The normalized spacial score (nSPS) is 16.8. The zero-order valence-corrected chi connectivity index (χ0v) is 19.3. The molecule has 0 saturated carbocycles. The van der Waals surface area contributed by atoms with E-state index >= 15 is 0 Å². The Morgan fingerprint density at radius 3 is 2.54 bits per heavy atom. The maximum absolute atomic E-state index is 11.2. The Morgan fingerprint density at radius 1 is 1.25 bits per heavy atom. The number of halogens is 1. The van der Waals surface area contributed by atoms with E-state index in [4.69, 9.17) is 19.9 Å². The first-order valence-corrected chi connectivity index (χ1v) is 9.05. The second-order valence-electron chi connectivity index (χ2n) is 6.52. The van der Waals surface area contributed by atoms with Crippen LogP contribution in [-0.2, 0) is 11.3 Å². The first-order valence-electron chi connectivity index (χ1n) is 9.05. The van der Waals surface area contributed by atoms with Crippen molar-refractivity contribution < 1.29 is 19.0 Å². The fourth-order valence-corrected chi connectivity index (χ4v) is 3.52. The van der Waals surface area contributed by atoms with Crippen molar-refractivity contribution in [1.82, 2.24) is 10.2 Å². The zero-order valence-electron chi connectivity index (χ0n) is 17.0. The number of nitrogens with zero attached hydrogens (tertiary/aromatic N) is 2. The van der Waals surface area contributed by atoms with Crippen LogP contribution in [0.5, 0.6) is 17.2 Å². The molecule has 1 aliphatic rings. The van der Waals surface area contributed by atoms with E-state index in [1.54, 1.807) is 28.4 Å². The van der Waals surface area contributed by atoms with Crippen LogP contribution < -0.4 is 25.3 Å². The molecule has 1 aromatic rings. The van der Waals surface area contributed by atoms with Gasteiger partial charge in [0.05, 0.1) is 21.3 Å². The van der Waals surface area contributed by atoms with Gasteiger partial charge in [-0.05, 0) is 30.9 Å². The number of carbonyl (C=O) groups is 1. The molecule has 0 spiro atoms. The number of nitrogens with one attached hydrogen (secondary N) is 1. The molecule has 0 aromatic heterocycles. The molecule has 158 valence electrons. The van der Waals surface area contributed by atoms with Crippen LogP contribution in [-0.4, -0.2) is 58.2 Å². The summed E-state index contributed by atoms with van der Waals surface area (Å²) in [7, 11) is 6.54. The van der Waals surface area contributed by atoms with E-state index in [-0.39, 0.29) is 35.8 Å². The number of hydrogen-bond donors (Lipinski definition) is 2. The van der Waals surface area contributed by atoms with Gasteiger partial charge in [-0.15, -0.1) is 24.0 Å². The monoisotopic (exact) mass is 506 g/mol. The SMILES string of the molecule is CN=C(NCc1ccc(OC)c(OC)c1OC)N1CCCC(CC(N)=O)C1.I. The number of amides is 1. The van der Waals surface area contributed by atoms with Gasteiger partial charge in [0.15, 0.2) is 17.5 Å². The number of rotatable bonds is 7. The molecule has 2 rings (SSSR count). The molecule has 8 nitrogen and oxygen atoms in total. The lowest BCUT2D eigenvalue weighted by molar-refractivity contribution is -0.119. The third-order valence-electron chi connectivity index (χ3n) is 4.74. The van der Waals surface area contributed by atoms with Gasteiger partial charge >= 0.3 is 0 Å². The first kappa shape index (κ1) is 24.1. The topological polar surface area (TPSA) is 98.4 Å². The lowest BCUT2D eigenvalue weighted by atomic mass is 9.95. The van der Waals surface area contributed by atoms with Gasteiger partial charge in [-0.3, -0.25) is 9.79 Å². The van der Waals surface area contributed by atoms with E-state index in [1.165, 1.54) is 0 Å².